The maximum absolute atomic E-state index is 11.0. The fourth-order valence-corrected chi connectivity index (χ4v) is 0.716. The summed E-state index contributed by atoms with van der Waals surface area (Å²) in [4.78, 5) is 22.9. The molecule has 0 saturated carbocycles. The van der Waals surface area contributed by atoms with Crippen molar-refractivity contribution in [3.63, 3.8) is 0 Å². The van der Waals surface area contributed by atoms with Crippen LogP contribution < -0.4 is 0 Å². The van der Waals surface area contributed by atoms with Crippen LogP contribution in [0.2, 0.25) is 0 Å². The molecule has 12 heavy (non-hydrogen) atoms. The number of nitrogens with zero attached hydrogens (tertiary/aromatic N) is 1. The van der Waals surface area contributed by atoms with Crippen molar-refractivity contribution in [3.8, 4) is 0 Å². The van der Waals surface area contributed by atoms with E-state index < -0.39 is 0 Å². The molecular weight excluding hydrogens is 158 g/mol. The Hall–Kier alpha value is -1.16. The zero-order valence-corrected chi connectivity index (χ0v) is 7.37. The highest BCUT2D eigenvalue weighted by molar-refractivity contribution is 5.99. The monoisotopic (exact) mass is 171 g/mol. The summed E-state index contributed by atoms with van der Waals surface area (Å²) in [5.74, 6) is -0.684. The Morgan fingerprint density at radius 2 is 2.17 bits per heavy atom. The second kappa shape index (κ2) is 5.49. The summed E-state index contributed by atoms with van der Waals surface area (Å²) in [5.41, 5.74) is 0. The van der Waals surface area contributed by atoms with Crippen LogP contribution in [0.25, 0.3) is 0 Å². The number of rotatable bonds is 4. The molecule has 0 fully saturated rings. The molecule has 0 rings (SSSR count). The summed E-state index contributed by atoms with van der Waals surface area (Å²) in [7, 11) is 1.51. The van der Waals surface area contributed by atoms with E-state index in [0.717, 1.165) is 11.0 Å². The van der Waals surface area contributed by atoms with Crippen LogP contribution in [0.3, 0.4) is 0 Å². The first kappa shape index (κ1) is 10.8. The van der Waals surface area contributed by atoms with Crippen LogP contribution >= 0.6 is 0 Å². The Kier molecular flexibility index (Phi) is 4.96. The highest BCUT2D eigenvalue weighted by Gasteiger charge is 2.13. The van der Waals surface area contributed by atoms with Gasteiger partial charge in [0.05, 0.1) is 13.2 Å². The van der Waals surface area contributed by atoms with Gasteiger partial charge >= 0.3 is 0 Å². The molecule has 2 amide bonds. The van der Waals surface area contributed by atoms with E-state index in [0.29, 0.717) is 6.61 Å². The van der Waals surface area contributed by atoms with Gasteiger partial charge in [-0.15, -0.1) is 0 Å². The van der Waals surface area contributed by atoms with Crippen LogP contribution in [-0.4, -0.2) is 37.0 Å². The summed E-state index contributed by atoms with van der Waals surface area (Å²) in [6, 6.07) is 0. The van der Waals surface area contributed by atoms with Gasteiger partial charge in [0.2, 0.25) is 5.91 Å². The van der Waals surface area contributed by atoms with Gasteiger partial charge in [-0.05, 0) is 6.08 Å². The minimum Gasteiger partial charge on any atom is -0.383 e. The van der Waals surface area contributed by atoms with Crippen LogP contribution in [0, 0.1) is 0 Å². The lowest BCUT2D eigenvalue weighted by molar-refractivity contribution is -0.141. The molecule has 0 aliphatic heterocycles. The summed E-state index contributed by atoms with van der Waals surface area (Å²) in [6.07, 6.45) is 1.11. The van der Waals surface area contributed by atoms with Gasteiger partial charge in [-0.1, -0.05) is 6.58 Å². The molecule has 0 bridgehead atoms. The second-order valence-corrected chi connectivity index (χ2v) is 2.21. The van der Waals surface area contributed by atoms with Gasteiger partial charge in [0.25, 0.3) is 5.91 Å². The second-order valence-electron chi connectivity index (χ2n) is 2.21. The predicted molar refractivity (Wildman–Crippen MR) is 44.5 cm³/mol. The Morgan fingerprint density at radius 3 is 2.50 bits per heavy atom. The average Bonchev–Trinajstić information content (AvgIpc) is 2.04. The number of ether oxygens (including phenoxy) is 1. The molecule has 0 aromatic carbocycles. The number of carbonyl (C=O) groups excluding carboxylic acids is 2. The quantitative estimate of drug-likeness (QED) is 0.567. The Bertz CT molecular complexity index is 189. The molecule has 4 heteroatoms. The van der Waals surface area contributed by atoms with E-state index in [1.807, 2.05) is 0 Å². The molecule has 0 N–H and O–H groups in total. The first-order valence-corrected chi connectivity index (χ1v) is 3.57. The highest BCUT2D eigenvalue weighted by atomic mass is 16.5. The summed E-state index contributed by atoms with van der Waals surface area (Å²) in [5, 5.41) is 0. The van der Waals surface area contributed by atoms with Gasteiger partial charge in [0.15, 0.2) is 0 Å². The van der Waals surface area contributed by atoms with E-state index in [1.165, 1.54) is 14.0 Å². The highest BCUT2D eigenvalue weighted by Crippen LogP contribution is 1.91. The zero-order valence-electron chi connectivity index (χ0n) is 7.37. The van der Waals surface area contributed by atoms with Crippen LogP contribution in [0.5, 0.6) is 0 Å². The molecule has 0 saturated heterocycles. The number of carbonyl (C=O) groups is 2. The fraction of sp³-hybridized carbons (Fsp3) is 0.500. The molecule has 0 radical (unpaired) electrons. The summed E-state index contributed by atoms with van der Waals surface area (Å²) >= 11 is 0. The first-order chi connectivity index (χ1) is 5.63. The van der Waals surface area contributed by atoms with Crippen molar-refractivity contribution >= 4 is 11.8 Å². The van der Waals surface area contributed by atoms with Crippen molar-refractivity contribution in [1.29, 1.82) is 0 Å². The summed E-state index contributed by atoms with van der Waals surface area (Å²) < 4.78 is 4.74. The standard InChI is InChI=1S/C8H13NO3/c1-4-8(11)9(7(2)10)5-6-12-3/h4H,1,5-6H2,2-3H3. The van der Waals surface area contributed by atoms with Crippen molar-refractivity contribution < 1.29 is 14.3 Å². The Balaban J connectivity index is 4.13. The minimum atomic E-state index is -0.389. The number of imide groups is 1. The third-order valence-corrected chi connectivity index (χ3v) is 1.34. The van der Waals surface area contributed by atoms with Crippen LogP contribution in [0.1, 0.15) is 6.92 Å². The molecule has 0 aromatic rings. The number of hydrogen-bond donors (Lipinski definition) is 0. The van der Waals surface area contributed by atoms with Gasteiger partial charge in [-0.3, -0.25) is 14.5 Å². The smallest absolute Gasteiger partial charge is 0.252 e. The molecule has 68 valence electrons. The normalized spacial score (nSPS) is 9.17. The van der Waals surface area contributed by atoms with Crippen molar-refractivity contribution in [1.82, 2.24) is 4.90 Å². The van der Waals surface area contributed by atoms with E-state index in [9.17, 15) is 9.59 Å². The minimum absolute atomic E-state index is 0.274. The molecule has 0 atom stereocenters. The van der Waals surface area contributed by atoms with E-state index >= 15 is 0 Å². The third-order valence-electron chi connectivity index (χ3n) is 1.34. The van der Waals surface area contributed by atoms with E-state index in [1.54, 1.807) is 0 Å². The largest absolute Gasteiger partial charge is 0.383 e. The van der Waals surface area contributed by atoms with Crippen LogP contribution in [-0.2, 0) is 14.3 Å². The van der Waals surface area contributed by atoms with Crippen molar-refractivity contribution in [2.45, 2.75) is 6.92 Å². The summed E-state index contributed by atoms with van der Waals surface area (Å²) in [6.45, 7) is 5.24. The third kappa shape index (κ3) is 3.30. The zero-order chi connectivity index (χ0) is 9.56. The Labute approximate surface area is 71.8 Å². The Morgan fingerprint density at radius 1 is 1.58 bits per heavy atom. The van der Waals surface area contributed by atoms with E-state index in [-0.39, 0.29) is 18.4 Å². The first-order valence-electron chi connectivity index (χ1n) is 3.57. The lowest BCUT2D eigenvalue weighted by Crippen LogP contribution is -2.36. The van der Waals surface area contributed by atoms with E-state index in [4.69, 9.17) is 4.74 Å². The van der Waals surface area contributed by atoms with Gasteiger partial charge in [-0.2, -0.15) is 0 Å². The molecule has 0 unspecified atom stereocenters. The molecule has 0 aliphatic carbocycles. The van der Waals surface area contributed by atoms with Crippen molar-refractivity contribution in [3.05, 3.63) is 12.7 Å². The number of hydrogen-bond acceptors (Lipinski definition) is 3. The lowest BCUT2D eigenvalue weighted by Gasteiger charge is -2.15. The van der Waals surface area contributed by atoms with Crippen LogP contribution in [0.4, 0.5) is 0 Å². The van der Waals surface area contributed by atoms with Gasteiger partial charge < -0.3 is 4.74 Å². The van der Waals surface area contributed by atoms with E-state index in [2.05, 4.69) is 6.58 Å². The lowest BCUT2D eigenvalue weighted by atomic mass is 10.4. The molecule has 4 nitrogen and oxygen atoms in total. The molecule has 0 aromatic heterocycles. The number of methoxy groups -OCH3 is 1. The van der Waals surface area contributed by atoms with Gasteiger partial charge in [0.1, 0.15) is 0 Å². The average molecular weight is 171 g/mol. The molecular formula is C8H13NO3. The topological polar surface area (TPSA) is 46.6 Å². The van der Waals surface area contributed by atoms with Gasteiger partial charge in [0, 0.05) is 14.0 Å². The maximum Gasteiger partial charge on any atom is 0.252 e. The van der Waals surface area contributed by atoms with Crippen LogP contribution in [0.15, 0.2) is 12.7 Å². The maximum atomic E-state index is 11.0. The molecule has 0 spiro atoms. The predicted octanol–water partition coefficient (Wildman–Crippen LogP) is 0.194. The van der Waals surface area contributed by atoms with Crippen molar-refractivity contribution in [2.24, 2.45) is 0 Å². The fourth-order valence-electron chi connectivity index (χ4n) is 0.716. The van der Waals surface area contributed by atoms with Gasteiger partial charge in [-0.25, -0.2) is 0 Å². The SMILES string of the molecule is C=CC(=O)N(CCOC)C(C)=O. The molecule has 0 aliphatic rings. The van der Waals surface area contributed by atoms with Crippen molar-refractivity contribution in [2.75, 3.05) is 20.3 Å². The molecule has 0 heterocycles. The number of amides is 2.